The lowest BCUT2D eigenvalue weighted by Crippen LogP contribution is -2.25. The molecule has 1 aliphatic carbocycles. The number of rotatable bonds is 3. The summed E-state index contributed by atoms with van der Waals surface area (Å²) in [7, 11) is 0. The van der Waals surface area contributed by atoms with E-state index < -0.39 is 0 Å². The molecule has 0 amide bonds. The van der Waals surface area contributed by atoms with Crippen LogP contribution in [0.25, 0.3) is 0 Å². The second kappa shape index (κ2) is 5.19. The van der Waals surface area contributed by atoms with E-state index >= 15 is 0 Å². The van der Waals surface area contributed by atoms with E-state index in [0.717, 1.165) is 22.1 Å². The monoisotopic (exact) mass is 283 g/mol. The third kappa shape index (κ3) is 2.77. The van der Waals surface area contributed by atoms with Crippen molar-refractivity contribution in [1.29, 1.82) is 0 Å². The van der Waals surface area contributed by atoms with Crippen molar-refractivity contribution in [3.8, 4) is 5.75 Å². The van der Waals surface area contributed by atoms with Gasteiger partial charge >= 0.3 is 0 Å². The summed E-state index contributed by atoms with van der Waals surface area (Å²) in [5, 5.41) is 13.4. The van der Waals surface area contributed by atoms with Crippen molar-refractivity contribution in [2.45, 2.75) is 45.2 Å². The summed E-state index contributed by atoms with van der Waals surface area (Å²) in [5.41, 5.74) is 1.91. The SMILES string of the molecule is Cc1cc(Br)cc(CNC2CCCC2)c1O. The minimum absolute atomic E-state index is 0.425. The van der Waals surface area contributed by atoms with Gasteiger partial charge in [-0.15, -0.1) is 0 Å². The van der Waals surface area contributed by atoms with Crippen LogP contribution in [0, 0.1) is 6.92 Å². The summed E-state index contributed by atoms with van der Waals surface area (Å²) in [5.74, 6) is 0.425. The topological polar surface area (TPSA) is 32.3 Å². The van der Waals surface area contributed by atoms with Gasteiger partial charge in [0.2, 0.25) is 0 Å². The Kier molecular flexibility index (Phi) is 3.87. The number of phenols is 1. The summed E-state index contributed by atoms with van der Waals surface area (Å²) in [6.07, 6.45) is 5.21. The van der Waals surface area contributed by atoms with E-state index in [4.69, 9.17) is 0 Å². The predicted octanol–water partition coefficient (Wildman–Crippen LogP) is 3.50. The lowest BCUT2D eigenvalue weighted by atomic mass is 10.1. The molecule has 1 fully saturated rings. The molecule has 1 aromatic carbocycles. The van der Waals surface area contributed by atoms with Crippen molar-refractivity contribution in [3.05, 3.63) is 27.7 Å². The second-order valence-corrected chi connectivity index (χ2v) is 5.51. The number of nitrogens with one attached hydrogen (secondary N) is 1. The first kappa shape index (κ1) is 11.9. The van der Waals surface area contributed by atoms with Gasteiger partial charge in [-0.05, 0) is 37.5 Å². The lowest BCUT2D eigenvalue weighted by molar-refractivity contribution is 0.452. The van der Waals surface area contributed by atoms with Crippen LogP contribution in [0.2, 0.25) is 0 Å². The van der Waals surface area contributed by atoms with Crippen LogP contribution in [0.4, 0.5) is 0 Å². The molecule has 1 aromatic rings. The Morgan fingerprint density at radius 2 is 2.06 bits per heavy atom. The maximum absolute atomic E-state index is 9.94. The number of hydrogen-bond acceptors (Lipinski definition) is 2. The summed E-state index contributed by atoms with van der Waals surface area (Å²) in [6.45, 7) is 2.69. The average Bonchev–Trinajstić information content (AvgIpc) is 2.74. The molecule has 0 spiro atoms. The van der Waals surface area contributed by atoms with E-state index in [2.05, 4.69) is 21.2 Å². The van der Waals surface area contributed by atoms with Crippen molar-refractivity contribution in [3.63, 3.8) is 0 Å². The molecule has 0 bridgehead atoms. The summed E-state index contributed by atoms with van der Waals surface area (Å²) < 4.78 is 1.03. The zero-order valence-corrected chi connectivity index (χ0v) is 11.2. The van der Waals surface area contributed by atoms with Gasteiger partial charge in [-0.1, -0.05) is 28.8 Å². The van der Waals surface area contributed by atoms with E-state index in [9.17, 15) is 5.11 Å². The van der Waals surface area contributed by atoms with E-state index in [0.29, 0.717) is 11.8 Å². The Bertz CT molecular complexity index is 372. The Hall–Kier alpha value is -0.540. The van der Waals surface area contributed by atoms with Crippen LogP contribution >= 0.6 is 15.9 Å². The Balaban J connectivity index is 2.02. The molecular weight excluding hydrogens is 266 g/mol. The van der Waals surface area contributed by atoms with Gasteiger partial charge < -0.3 is 10.4 Å². The van der Waals surface area contributed by atoms with Crippen molar-refractivity contribution in [1.82, 2.24) is 5.32 Å². The van der Waals surface area contributed by atoms with Crippen LogP contribution < -0.4 is 5.32 Å². The number of aromatic hydroxyl groups is 1. The smallest absolute Gasteiger partial charge is 0.123 e. The molecule has 0 saturated heterocycles. The Morgan fingerprint density at radius 3 is 2.75 bits per heavy atom. The maximum atomic E-state index is 9.94. The normalized spacial score (nSPS) is 16.9. The lowest BCUT2D eigenvalue weighted by Gasteiger charge is -2.14. The maximum Gasteiger partial charge on any atom is 0.123 e. The van der Waals surface area contributed by atoms with Crippen LogP contribution in [0.15, 0.2) is 16.6 Å². The fourth-order valence-corrected chi connectivity index (χ4v) is 2.94. The van der Waals surface area contributed by atoms with E-state index in [1.54, 1.807) is 0 Å². The molecule has 3 heteroatoms. The van der Waals surface area contributed by atoms with E-state index in [-0.39, 0.29) is 0 Å². The molecule has 0 radical (unpaired) electrons. The molecular formula is C13H18BrNO. The van der Waals surface area contributed by atoms with Crippen molar-refractivity contribution in [2.75, 3.05) is 0 Å². The van der Waals surface area contributed by atoms with Crippen molar-refractivity contribution < 1.29 is 5.11 Å². The zero-order valence-electron chi connectivity index (χ0n) is 9.59. The average molecular weight is 284 g/mol. The Labute approximate surface area is 105 Å². The molecule has 0 aliphatic heterocycles. The highest BCUT2D eigenvalue weighted by Crippen LogP contribution is 2.27. The molecule has 0 heterocycles. The molecule has 0 unspecified atom stereocenters. The first-order valence-electron chi connectivity index (χ1n) is 5.88. The highest BCUT2D eigenvalue weighted by molar-refractivity contribution is 9.10. The van der Waals surface area contributed by atoms with Crippen molar-refractivity contribution in [2.24, 2.45) is 0 Å². The third-order valence-electron chi connectivity index (χ3n) is 3.28. The highest BCUT2D eigenvalue weighted by atomic mass is 79.9. The van der Waals surface area contributed by atoms with Gasteiger partial charge in [0.15, 0.2) is 0 Å². The van der Waals surface area contributed by atoms with Gasteiger partial charge in [-0.25, -0.2) is 0 Å². The molecule has 2 rings (SSSR count). The number of halogens is 1. The number of aryl methyl sites for hydroxylation is 1. The zero-order chi connectivity index (χ0) is 11.5. The first-order valence-corrected chi connectivity index (χ1v) is 6.67. The number of benzene rings is 1. The quantitative estimate of drug-likeness (QED) is 0.890. The van der Waals surface area contributed by atoms with Gasteiger partial charge in [0.1, 0.15) is 5.75 Å². The van der Waals surface area contributed by atoms with Crippen LogP contribution in [-0.4, -0.2) is 11.1 Å². The largest absolute Gasteiger partial charge is 0.507 e. The molecule has 2 N–H and O–H groups in total. The van der Waals surface area contributed by atoms with Crippen LogP contribution in [0.5, 0.6) is 5.75 Å². The van der Waals surface area contributed by atoms with Gasteiger partial charge in [0.25, 0.3) is 0 Å². The summed E-state index contributed by atoms with van der Waals surface area (Å²) >= 11 is 3.46. The fraction of sp³-hybridized carbons (Fsp3) is 0.538. The molecule has 16 heavy (non-hydrogen) atoms. The van der Waals surface area contributed by atoms with Crippen LogP contribution in [-0.2, 0) is 6.54 Å². The standard InChI is InChI=1S/C13H18BrNO/c1-9-6-11(14)7-10(13(9)16)8-15-12-4-2-3-5-12/h6-7,12,15-16H,2-5,8H2,1H3. The summed E-state index contributed by atoms with van der Waals surface area (Å²) in [4.78, 5) is 0. The Morgan fingerprint density at radius 1 is 1.38 bits per heavy atom. The highest BCUT2D eigenvalue weighted by Gasteiger charge is 2.15. The number of phenolic OH excluding ortho intramolecular Hbond substituents is 1. The van der Waals surface area contributed by atoms with Crippen LogP contribution in [0.1, 0.15) is 36.8 Å². The summed E-state index contributed by atoms with van der Waals surface area (Å²) in [6, 6.07) is 4.57. The van der Waals surface area contributed by atoms with E-state index in [1.807, 2.05) is 19.1 Å². The molecule has 0 aromatic heterocycles. The van der Waals surface area contributed by atoms with Gasteiger partial charge in [-0.3, -0.25) is 0 Å². The number of hydrogen-bond donors (Lipinski definition) is 2. The first-order chi connectivity index (χ1) is 7.66. The molecule has 1 saturated carbocycles. The second-order valence-electron chi connectivity index (χ2n) is 4.59. The van der Waals surface area contributed by atoms with Gasteiger partial charge in [-0.2, -0.15) is 0 Å². The fourth-order valence-electron chi connectivity index (χ4n) is 2.32. The van der Waals surface area contributed by atoms with Crippen LogP contribution in [0.3, 0.4) is 0 Å². The van der Waals surface area contributed by atoms with E-state index in [1.165, 1.54) is 25.7 Å². The van der Waals surface area contributed by atoms with Gasteiger partial charge in [0.05, 0.1) is 0 Å². The molecule has 2 nitrogen and oxygen atoms in total. The minimum Gasteiger partial charge on any atom is -0.507 e. The van der Waals surface area contributed by atoms with Crippen molar-refractivity contribution >= 4 is 15.9 Å². The molecule has 1 aliphatic rings. The molecule has 0 atom stereocenters. The minimum atomic E-state index is 0.425. The predicted molar refractivity (Wildman–Crippen MR) is 69.6 cm³/mol. The van der Waals surface area contributed by atoms with Gasteiger partial charge in [0, 0.05) is 22.6 Å². The third-order valence-corrected chi connectivity index (χ3v) is 3.74. The molecule has 88 valence electrons.